The molecule has 3 aromatic rings. The lowest BCUT2D eigenvalue weighted by atomic mass is 10.1. The van der Waals surface area contributed by atoms with E-state index in [0.29, 0.717) is 11.4 Å². The zero-order valence-corrected chi connectivity index (χ0v) is 15.3. The topological polar surface area (TPSA) is 49.4 Å². The van der Waals surface area contributed by atoms with Crippen LogP contribution in [-0.2, 0) is 10.0 Å². The van der Waals surface area contributed by atoms with E-state index in [-0.39, 0.29) is 6.04 Å². The molecule has 0 amide bonds. The molecule has 0 aliphatic carbocycles. The number of hydrogen-bond donors (Lipinski definition) is 1. The molecule has 4 nitrogen and oxygen atoms in total. The molecule has 0 bridgehead atoms. The van der Waals surface area contributed by atoms with Crippen LogP contribution in [0.1, 0.15) is 11.6 Å². The zero-order chi connectivity index (χ0) is 17.2. The fraction of sp³-hybridized carbons (Fsp3) is 0.222. The number of benzene rings is 2. The van der Waals surface area contributed by atoms with Crippen LogP contribution in [-0.4, -0.2) is 34.0 Å². The van der Waals surface area contributed by atoms with Crippen LogP contribution in [0.25, 0.3) is 10.8 Å². The maximum atomic E-state index is 12.6. The Hall–Kier alpha value is -1.73. The number of sulfonamides is 1. The Kier molecular flexibility index (Phi) is 5.01. The van der Waals surface area contributed by atoms with Crippen LogP contribution in [0.3, 0.4) is 0 Å². The summed E-state index contributed by atoms with van der Waals surface area (Å²) in [5.41, 5.74) is 1.12. The van der Waals surface area contributed by atoms with Crippen molar-refractivity contribution in [3.63, 3.8) is 0 Å². The minimum absolute atomic E-state index is 0.00600. The van der Waals surface area contributed by atoms with Gasteiger partial charge in [-0.3, -0.25) is 0 Å². The molecule has 0 fully saturated rings. The molecule has 126 valence electrons. The Labute approximate surface area is 146 Å². The molecule has 1 heterocycles. The summed E-state index contributed by atoms with van der Waals surface area (Å²) in [6.07, 6.45) is 0. The van der Waals surface area contributed by atoms with Crippen LogP contribution in [0.2, 0.25) is 0 Å². The van der Waals surface area contributed by atoms with Gasteiger partial charge in [0, 0.05) is 12.6 Å². The van der Waals surface area contributed by atoms with E-state index in [9.17, 15) is 8.42 Å². The SMILES string of the molecule is CN(C)[C@H](CNS(=O)(=O)c1ccc2ccccc2c1)c1ccsc1. The van der Waals surface area contributed by atoms with Crippen molar-refractivity contribution in [2.75, 3.05) is 20.6 Å². The van der Waals surface area contributed by atoms with Gasteiger partial charge in [0.1, 0.15) is 0 Å². The van der Waals surface area contributed by atoms with Gasteiger partial charge < -0.3 is 4.90 Å². The first-order valence-electron chi connectivity index (χ1n) is 7.64. The molecule has 0 aliphatic rings. The lowest BCUT2D eigenvalue weighted by Crippen LogP contribution is -2.34. The number of fused-ring (bicyclic) bond motifs is 1. The predicted octanol–water partition coefficient (Wildman–Crippen LogP) is 3.48. The quantitative estimate of drug-likeness (QED) is 0.732. The first kappa shape index (κ1) is 17.1. The highest BCUT2D eigenvalue weighted by molar-refractivity contribution is 7.89. The molecule has 0 unspecified atom stereocenters. The predicted molar refractivity (Wildman–Crippen MR) is 99.9 cm³/mol. The van der Waals surface area contributed by atoms with Crippen molar-refractivity contribution in [2.24, 2.45) is 0 Å². The van der Waals surface area contributed by atoms with E-state index < -0.39 is 10.0 Å². The average molecular weight is 361 g/mol. The maximum absolute atomic E-state index is 12.6. The van der Waals surface area contributed by atoms with Gasteiger partial charge in [0.2, 0.25) is 10.0 Å². The number of rotatable bonds is 6. The summed E-state index contributed by atoms with van der Waals surface area (Å²) in [5, 5.41) is 6.00. The summed E-state index contributed by atoms with van der Waals surface area (Å²) < 4.78 is 28.0. The van der Waals surface area contributed by atoms with E-state index in [1.54, 1.807) is 23.5 Å². The Balaban J connectivity index is 1.82. The third-order valence-electron chi connectivity index (χ3n) is 4.05. The van der Waals surface area contributed by atoms with Crippen molar-refractivity contribution in [2.45, 2.75) is 10.9 Å². The highest BCUT2D eigenvalue weighted by Crippen LogP contribution is 2.22. The Morgan fingerprint density at radius 1 is 1.08 bits per heavy atom. The summed E-state index contributed by atoms with van der Waals surface area (Å²) in [6, 6.07) is 15.0. The Morgan fingerprint density at radius 3 is 2.50 bits per heavy atom. The summed E-state index contributed by atoms with van der Waals surface area (Å²) in [6.45, 7) is 0.332. The van der Waals surface area contributed by atoms with Crippen LogP contribution in [0.15, 0.2) is 64.2 Å². The number of nitrogens with one attached hydrogen (secondary N) is 1. The summed E-state index contributed by atoms with van der Waals surface area (Å²) >= 11 is 1.61. The van der Waals surface area contributed by atoms with Crippen LogP contribution in [0.5, 0.6) is 0 Å². The molecule has 2 aromatic carbocycles. The molecular weight excluding hydrogens is 340 g/mol. The monoisotopic (exact) mass is 360 g/mol. The summed E-state index contributed by atoms with van der Waals surface area (Å²) in [7, 11) is 0.357. The van der Waals surface area contributed by atoms with Gasteiger partial charge in [-0.25, -0.2) is 13.1 Å². The van der Waals surface area contributed by atoms with Crippen molar-refractivity contribution in [1.82, 2.24) is 9.62 Å². The highest BCUT2D eigenvalue weighted by Gasteiger charge is 2.20. The molecule has 1 N–H and O–H groups in total. The molecule has 0 radical (unpaired) electrons. The third-order valence-corrected chi connectivity index (χ3v) is 6.17. The molecule has 6 heteroatoms. The van der Waals surface area contributed by atoms with Crippen molar-refractivity contribution >= 4 is 32.1 Å². The van der Waals surface area contributed by atoms with Crippen molar-refractivity contribution < 1.29 is 8.42 Å². The minimum Gasteiger partial charge on any atom is -0.301 e. The minimum atomic E-state index is -3.54. The van der Waals surface area contributed by atoms with Gasteiger partial charge in [-0.15, -0.1) is 0 Å². The van der Waals surface area contributed by atoms with Crippen molar-refractivity contribution in [3.8, 4) is 0 Å². The van der Waals surface area contributed by atoms with Crippen molar-refractivity contribution in [3.05, 3.63) is 64.9 Å². The molecule has 0 aliphatic heterocycles. The second-order valence-electron chi connectivity index (χ2n) is 5.90. The van der Waals surface area contributed by atoms with E-state index in [4.69, 9.17) is 0 Å². The summed E-state index contributed by atoms with van der Waals surface area (Å²) in [4.78, 5) is 2.31. The number of hydrogen-bond acceptors (Lipinski definition) is 4. The van der Waals surface area contributed by atoms with Gasteiger partial charge in [0.25, 0.3) is 0 Å². The fourth-order valence-corrected chi connectivity index (χ4v) is 4.45. The van der Waals surface area contributed by atoms with Gasteiger partial charge in [-0.05, 0) is 59.4 Å². The fourth-order valence-electron chi connectivity index (χ4n) is 2.67. The first-order chi connectivity index (χ1) is 11.5. The van der Waals surface area contributed by atoms with Crippen LogP contribution >= 0.6 is 11.3 Å². The molecule has 24 heavy (non-hydrogen) atoms. The lowest BCUT2D eigenvalue weighted by Gasteiger charge is -2.24. The van der Waals surface area contributed by atoms with Gasteiger partial charge >= 0.3 is 0 Å². The summed E-state index contributed by atoms with van der Waals surface area (Å²) in [5.74, 6) is 0. The largest absolute Gasteiger partial charge is 0.301 e. The van der Waals surface area contributed by atoms with Gasteiger partial charge in [-0.1, -0.05) is 30.3 Å². The van der Waals surface area contributed by atoms with Crippen LogP contribution in [0.4, 0.5) is 0 Å². The molecule has 0 saturated heterocycles. The Morgan fingerprint density at radius 2 is 1.83 bits per heavy atom. The van der Waals surface area contributed by atoms with E-state index in [2.05, 4.69) is 10.1 Å². The normalized spacial score (nSPS) is 13.5. The zero-order valence-electron chi connectivity index (χ0n) is 13.6. The number of nitrogens with zero attached hydrogens (tertiary/aromatic N) is 1. The number of thiophene rings is 1. The van der Waals surface area contributed by atoms with E-state index in [0.717, 1.165) is 16.3 Å². The lowest BCUT2D eigenvalue weighted by molar-refractivity contribution is 0.300. The van der Waals surface area contributed by atoms with E-state index in [1.165, 1.54) is 0 Å². The van der Waals surface area contributed by atoms with Gasteiger partial charge in [0.05, 0.1) is 4.90 Å². The van der Waals surface area contributed by atoms with Gasteiger partial charge in [0.15, 0.2) is 0 Å². The van der Waals surface area contributed by atoms with E-state index >= 15 is 0 Å². The van der Waals surface area contributed by atoms with Crippen LogP contribution < -0.4 is 4.72 Å². The molecule has 1 aromatic heterocycles. The standard InChI is InChI=1S/C18H20N2O2S2/c1-20(2)18(16-9-10-23-13-16)12-19-24(21,22)17-8-7-14-5-3-4-6-15(14)11-17/h3-11,13,18-19H,12H2,1-2H3/t18-/m1/s1. The second kappa shape index (κ2) is 7.03. The number of likely N-dealkylation sites (N-methyl/N-ethyl adjacent to an activating group) is 1. The van der Waals surface area contributed by atoms with E-state index in [1.807, 2.05) is 60.8 Å². The molecule has 1 atom stereocenters. The van der Waals surface area contributed by atoms with Crippen LogP contribution in [0, 0.1) is 0 Å². The van der Waals surface area contributed by atoms with Gasteiger partial charge in [-0.2, -0.15) is 11.3 Å². The average Bonchev–Trinajstić information content (AvgIpc) is 3.08. The maximum Gasteiger partial charge on any atom is 0.240 e. The third kappa shape index (κ3) is 3.67. The highest BCUT2D eigenvalue weighted by atomic mass is 32.2. The smallest absolute Gasteiger partial charge is 0.240 e. The molecule has 0 saturated carbocycles. The van der Waals surface area contributed by atoms with Crippen molar-refractivity contribution in [1.29, 1.82) is 0 Å². The molecular formula is C18H20N2O2S2. The molecule has 3 rings (SSSR count). The second-order valence-corrected chi connectivity index (χ2v) is 8.44. The Bertz CT molecular complexity index is 919. The first-order valence-corrected chi connectivity index (χ1v) is 10.1. The molecule has 0 spiro atoms.